The number of fused-ring (bicyclic) bond motifs is 1. The smallest absolute Gasteiger partial charge is 0.379 e. The SMILES string of the molecule is O=c1[nH]c2cc(F)ccc2c(=O)c(O)c1[N+](=O)[O-]. The standard InChI is InChI=1S/C10H5FN2O5/c11-4-1-2-5-6(3-4)12-10(16)7(13(17)18)9(15)8(5)14/h1-3H,(H,12,16)(H,14,15). The molecule has 0 bridgehead atoms. The number of rotatable bonds is 1. The molecule has 18 heavy (non-hydrogen) atoms. The maximum atomic E-state index is 13.0. The summed E-state index contributed by atoms with van der Waals surface area (Å²) >= 11 is 0. The third-order valence-electron chi connectivity index (χ3n) is 2.31. The van der Waals surface area contributed by atoms with Crippen LogP contribution in [0.3, 0.4) is 0 Å². The van der Waals surface area contributed by atoms with Gasteiger partial charge in [0.15, 0.2) is 0 Å². The first-order chi connectivity index (χ1) is 8.41. The zero-order valence-electron chi connectivity index (χ0n) is 8.64. The molecular formula is C10H5FN2O5. The van der Waals surface area contributed by atoms with E-state index in [4.69, 9.17) is 0 Å². The highest BCUT2D eigenvalue weighted by Gasteiger charge is 2.22. The maximum absolute atomic E-state index is 13.0. The number of benzene rings is 1. The number of nitrogens with one attached hydrogen (secondary N) is 1. The summed E-state index contributed by atoms with van der Waals surface area (Å²) in [7, 11) is 0. The lowest BCUT2D eigenvalue weighted by Crippen LogP contribution is -2.09. The van der Waals surface area contributed by atoms with Crippen LogP contribution in [0.15, 0.2) is 27.8 Å². The van der Waals surface area contributed by atoms with E-state index in [0.29, 0.717) is 0 Å². The van der Waals surface area contributed by atoms with Crippen LogP contribution < -0.4 is 11.0 Å². The van der Waals surface area contributed by atoms with Crippen LogP contribution in [-0.4, -0.2) is 15.0 Å². The molecule has 0 saturated heterocycles. The van der Waals surface area contributed by atoms with Crippen LogP contribution in [-0.2, 0) is 0 Å². The predicted molar refractivity (Wildman–Crippen MR) is 59.1 cm³/mol. The van der Waals surface area contributed by atoms with Crippen molar-refractivity contribution in [3.63, 3.8) is 0 Å². The van der Waals surface area contributed by atoms with Crippen molar-refractivity contribution in [1.82, 2.24) is 4.98 Å². The van der Waals surface area contributed by atoms with Crippen molar-refractivity contribution in [2.75, 3.05) is 0 Å². The van der Waals surface area contributed by atoms with E-state index in [1.54, 1.807) is 0 Å². The van der Waals surface area contributed by atoms with E-state index < -0.39 is 33.2 Å². The fourth-order valence-electron chi connectivity index (χ4n) is 1.51. The lowest BCUT2D eigenvalue weighted by molar-refractivity contribution is -0.387. The van der Waals surface area contributed by atoms with Crippen LogP contribution >= 0.6 is 0 Å². The summed E-state index contributed by atoms with van der Waals surface area (Å²) in [6.45, 7) is 0. The number of halogens is 1. The average molecular weight is 252 g/mol. The molecular weight excluding hydrogens is 247 g/mol. The van der Waals surface area contributed by atoms with Crippen molar-refractivity contribution < 1.29 is 14.4 Å². The summed E-state index contributed by atoms with van der Waals surface area (Å²) in [5.41, 5.74) is -3.89. The van der Waals surface area contributed by atoms with E-state index in [2.05, 4.69) is 0 Å². The summed E-state index contributed by atoms with van der Waals surface area (Å²) in [4.78, 5) is 34.5. The quantitative estimate of drug-likeness (QED) is 0.571. The van der Waals surface area contributed by atoms with Gasteiger partial charge in [0.2, 0.25) is 11.2 Å². The van der Waals surface area contributed by atoms with Crippen molar-refractivity contribution in [3.05, 3.63) is 54.7 Å². The van der Waals surface area contributed by atoms with E-state index in [1.807, 2.05) is 4.98 Å². The molecule has 0 aliphatic rings. The molecule has 1 heterocycles. The first-order valence-corrected chi connectivity index (χ1v) is 4.65. The number of nitrogens with zero attached hydrogens (tertiary/aromatic N) is 1. The maximum Gasteiger partial charge on any atom is 0.379 e. The number of hydrogen-bond donors (Lipinski definition) is 2. The molecule has 8 heteroatoms. The highest BCUT2D eigenvalue weighted by molar-refractivity contribution is 5.79. The minimum absolute atomic E-state index is 0.223. The van der Waals surface area contributed by atoms with Gasteiger partial charge in [-0.1, -0.05) is 0 Å². The van der Waals surface area contributed by atoms with E-state index >= 15 is 0 Å². The summed E-state index contributed by atoms with van der Waals surface area (Å²) in [5, 5.41) is 19.8. The van der Waals surface area contributed by atoms with Crippen LogP contribution in [0.25, 0.3) is 10.9 Å². The number of aromatic hydroxyl groups is 1. The molecule has 0 radical (unpaired) electrons. The molecule has 1 aromatic heterocycles. The molecule has 7 nitrogen and oxygen atoms in total. The van der Waals surface area contributed by atoms with Gasteiger partial charge in [0.1, 0.15) is 5.82 Å². The largest absolute Gasteiger partial charge is 0.499 e. The van der Waals surface area contributed by atoms with Gasteiger partial charge in [0, 0.05) is 5.39 Å². The molecule has 1 aromatic carbocycles. The Balaban J connectivity index is 3.14. The van der Waals surface area contributed by atoms with Crippen LogP contribution in [0.1, 0.15) is 0 Å². The summed E-state index contributed by atoms with van der Waals surface area (Å²) < 4.78 is 13.0. The van der Waals surface area contributed by atoms with Crippen LogP contribution in [0.5, 0.6) is 5.75 Å². The fourth-order valence-corrected chi connectivity index (χ4v) is 1.51. The van der Waals surface area contributed by atoms with Crippen LogP contribution in [0, 0.1) is 15.9 Å². The van der Waals surface area contributed by atoms with Crippen molar-refractivity contribution in [1.29, 1.82) is 0 Å². The van der Waals surface area contributed by atoms with Gasteiger partial charge < -0.3 is 10.1 Å². The number of H-pyrrole nitrogens is 1. The van der Waals surface area contributed by atoms with Crippen LogP contribution in [0.2, 0.25) is 0 Å². The summed E-state index contributed by atoms with van der Waals surface area (Å²) in [6, 6.07) is 2.79. The van der Waals surface area contributed by atoms with Gasteiger partial charge >= 0.3 is 11.2 Å². The molecule has 2 rings (SSSR count). The molecule has 0 saturated carbocycles. The molecule has 92 valence electrons. The number of aromatic nitrogens is 1. The Kier molecular flexibility index (Phi) is 2.55. The molecule has 0 atom stereocenters. The molecule has 0 spiro atoms. The van der Waals surface area contributed by atoms with E-state index in [9.17, 15) is 29.2 Å². The minimum Gasteiger partial charge on any atom is -0.499 e. The molecule has 0 unspecified atom stereocenters. The Morgan fingerprint density at radius 2 is 2.00 bits per heavy atom. The van der Waals surface area contributed by atoms with Crippen molar-refractivity contribution in [3.8, 4) is 5.75 Å². The van der Waals surface area contributed by atoms with E-state index in [0.717, 1.165) is 18.2 Å². The Bertz CT molecular complexity index is 783. The Hall–Kier alpha value is -2.77. The van der Waals surface area contributed by atoms with Crippen molar-refractivity contribution in [2.45, 2.75) is 0 Å². The van der Waals surface area contributed by atoms with Gasteiger partial charge in [-0.05, 0) is 18.2 Å². The Labute approximate surface area is 97.3 Å². The fraction of sp³-hybridized carbons (Fsp3) is 0. The van der Waals surface area contributed by atoms with E-state index in [-0.39, 0.29) is 10.9 Å². The summed E-state index contributed by atoms with van der Waals surface area (Å²) in [5.74, 6) is -2.01. The zero-order valence-corrected chi connectivity index (χ0v) is 8.64. The van der Waals surface area contributed by atoms with Crippen molar-refractivity contribution in [2.24, 2.45) is 0 Å². The molecule has 2 N–H and O–H groups in total. The highest BCUT2D eigenvalue weighted by Crippen LogP contribution is 2.17. The van der Waals surface area contributed by atoms with Gasteiger partial charge in [-0.3, -0.25) is 19.7 Å². The first-order valence-electron chi connectivity index (χ1n) is 4.65. The topological polar surface area (TPSA) is 113 Å². The normalized spacial score (nSPS) is 10.5. The second kappa shape index (κ2) is 3.91. The molecule has 0 aliphatic heterocycles. The Morgan fingerprint density at radius 1 is 1.33 bits per heavy atom. The highest BCUT2D eigenvalue weighted by atomic mass is 19.1. The van der Waals surface area contributed by atoms with Gasteiger partial charge in [0.25, 0.3) is 0 Å². The van der Waals surface area contributed by atoms with Gasteiger partial charge in [-0.25, -0.2) is 4.39 Å². The van der Waals surface area contributed by atoms with Gasteiger partial charge in [0.05, 0.1) is 10.4 Å². The van der Waals surface area contributed by atoms with Crippen molar-refractivity contribution >= 4 is 16.6 Å². The zero-order chi connectivity index (χ0) is 13.4. The number of aromatic amines is 1. The second-order valence-electron chi connectivity index (χ2n) is 3.43. The average Bonchev–Trinajstić information content (AvgIpc) is 2.35. The van der Waals surface area contributed by atoms with Gasteiger partial charge in [-0.15, -0.1) is 0 Å². The number of hydrogen-bond acceptors (Lipinski definition) is 5. The molecule has 0 aliphatic carbocycles. The lowest BCUT2D eigenvalue weighted by atomic mass is 10.2. The minimum atomic E-state index is -1.28. The lowest BCUT2D eigenvalue weighted by Gasteiger charge is -1.90. The Morgan fingerprint density at radius 3 is 2.61 bits per heavy atom. The monoisotopic (exact) mass is 252 g/mol. The molecule has 2 aromatic rings. The van der Waals surface area contributed by atoms with Crippen LogP contribution in [0.4, 0.5) is 10.1 Å². The predicted octanol–water partition coefficient (Wildman–Crippen LogP) is 0.641. The second-order valence-corrected chi connectivity index (χ2v) is 3.43. The third-order valence-corrected chi connectivity index (χ3v) is 2.31. The molecule has 0 fully saturated rings. The van der Waals surface area contributed by atoms with Gasteiger partial charge in [-0.2, -0.15) is 0 Å². The molecule has 0 amide bonds. The third kappa shape index (κ3) is 1.69. The number of nitro groups is 1. The first kappa shape index (κ1) is 11.7. The van der Waals surface area contributed by atoms with E-state index in [1.165, 1.54) is 0 Å². The summed E-state index contributed by atoms with van der Waals surface area (Å²) in [6.07, 6.45) is 0.